The number of nitrogens with zero attached hydrogens (tertiary/aromatic N) is 2. The van der Waals surface area contributed by atoms with E-state index < -0.39 is 0 Å². The molecule has 0 unspecified atom stereocenters. The number of rotatable bonds is 13. The van der Waals surface area contributed by atoms with E-state index in [2.05, 4.69) is 342 Å². The van der Waals surface area contributed by atoms with Gasteiger partial charge in [-0.3, -0.25) is 0 Å². The number of nitrogens with one attached hydrogen (secondary N) is 1. The summed E-state index contributed by atoms with van der Waals surface area (Å²) in [5, 5.41) is 6.82. The molecule has 0 fully saturated rings. The summed E-state index contributed by atoms with van der Waals surface area (Å²) in [6.45, 7) is 47.5. The van der Waals surface area contributed by atoms with Gasteiger partial charge in [0.25, 0.3) is 0 Å². The van der Waals surface area contributed by atoms with Crippen LogP contribution in [0, 0.1) is 0 Å². The minimum atomic E-state index is 0.492. The highest BCUT2D eigenvalue weighted by atomic mass is 16.5. The molecule has 5 aromatic heterocycles. The van der Waals surface area contributed by atoms with Crippen LogP contribution >= 0.6 is 0 Å². The van der Waals surface area contributed by atoms with Gasteiger partial charge in [-0.2, -0.15) is 0 Å². The molecule has 0 spiro atoms. The average Bonchev–Trinajstić information content (AvgIpc) is 1.62. The van der Waals surface area contributed by atoms with Gasteiger partial charge in [0.1, 0.15) is 28.4 Å². The molecule has 0 saturated heterocycles. The number of aryl methyl sites for hydroxylation is 3. The normalized spacial score (nSPS) is 13.4. The predicted octanol–water partition coefficient (Wildman–Crippen LogP) is 31.2. The molecule has 7 nitrogen and oxygen atoms in total. The number of benzene rings is 10. The Morgan fingerprint density at radius 2 is 0.714 bits per heavy atom. The van der Waals surface area contributed by atoms with Crippen molar-refractivity contribution in [2.75, 3.05) is 20.3 Å². The summed E-state index contributed by atoms with van der Waals surface area (Å²) in [7, 11) is 3.99. The maximum absolute atomic E-state index is 6.33. The molecule has 0 saturated carbocycles. The van der Waals surface area contributed by atoms with E-state index in [9.17, 15) is 0 Å². The zero-order valence-corrected chi connectivity index (χ0v) is 75.2. The Morgan fingerprint density at radius 3 is 1.24 bits per heavy atom. The lowest BCUT2D eigenvalue weighted by Gasteiger charge is -2.13. The van der Waals surface area contributed by atoms with Crippen molar-refractivity contribution in [3.05, 3.63) is 288 Å². The van der Waals surface area contributed by atoms with Crippen molar-refractivity contribution >= 4 is 54.6 Å². The van der Waals surface area contributed by atoms with Crippen LogP contribution in [-0.4, -0.2) is 34.4 Å². The Morgan fingerprint density at radius 1 is 0.336 bits per heavy atom. The minimum absolute atomic E-state index is 0.492. The molecular weight excluding hydrogens is 1450 g/mol. The quantitative estimate of drug-likeness (QED) is 0.125. The summed E-state index contributed by atoms with van der Waals surface area (Å²) in [5.74, 6) is 8.61. The number of aromatic amines is 1. The molecule has 614 valence electrons. The Hall–Kier alpha value is -10.3. The van der Waals surface area contributed by atoms with Gasteiger partial charge in [-0.1, -0.05) is 248 Å². The zero-order valence-electron chi connectivity index (χ0n) is 75.2. The number of furan rings is 2. The molecule has 1 N–H and O–H groups in total. The summed E-state index contributed by atoms with van der Waals surface area (Å²) < 4.78 is 28.9. The lowest BCUT2D eigenvalue weighted by Crippen LogP contribution is -2.05. The van der Waals surface area contributed by atoms with E-state index in [1.165, 1.54) is 195 Å². The molecule has 15 aromatic rings. The molecule has 0 radical (unpaired) electrons. The third kappa shape index (κ3) is 15.8. The summed E-state index contributed by atoms with van der Waals surface area (Å²) in [5.41, 5.74) is 43.9. The van der Waals surface area contributed by atoms with Gasteiger partial charge in [-0.05, 0) is 246 Å². The van der Waals surface area contributed by atoms with Gasteiger partial charge in [0, 0.05) is 123 Å². The number of aromatic nitrogens is 3. The third-order valence-corrected chi connectivity index (χ3v) is 26.6. The Labute approximate surface area is 709 Å². The highest BCUT2D eigenvalue weighted by molar-refractivity contribution is 5.99. The zero-order chi connectivity index (χ0) is 83.8. The van der Waals surface area contributed by atoms with Gasteiger partial charge in [0.05, 0.1) is 35.9 Å². The number of ether oxygens (including phenoxy) is 2. The van der Waals surface area contributed by atoms with Crippen LogP contribution in [0.15, 0.2) is 191 Å². The Balaban J connectivity index is 0.000000111. The number of H-pyrrole nitrogens is 1. The second-order valence-corrected chi connectivity index (χ2v) is 38.0. The molecule has 5 aliphatic rings. The van der Waals surface area contributed by atoms with Crippen molar-refractivity contribution in [2.24, 2.45) is 7.05 Å². The van der Waals surface area contributed by atoms with Crippen molar-refractivity contribution in [1.29, 1.82) is 0 Å². The molecule has 1 aliphatic heterocycles. The van der Waals surface area contributed by atoms with Crippen LogP contribution in [0.3, 0.4) is 0 Å². The lowest BCUT2D eigenvalue weighted by molar-refractivity contribution is 0.189. The molecule has 6 heterocycles. The number of methoxy groups -OCH3 is 1. The fourth-order valence-electron chi connectivity index (χ4n) is 19.1. The van der Waals surface area contributed by atoms with Crippen molar-refractivity contribution in [3.63, 3.8) is 0 Å². The Kier molecular flexibility index (Phi) is 23.3. The fourth-order valence-corrected chi connectivity index (χ4v) is 19.1. The minimum Gasteiger partial charge on any atom is -0.492 e. The molecule has 0 amide bonds. The summed E-state index contributed by atoms with van der Waals surface area (Å²) >= 11 is 0. The van der Waals surface area contributed by atoms with Crippen LogP contribution in [0.25, 0.3) is 111 Å². The maximum Gasteiger partial charge on any atom is 0.142 e. The van der Waals surface area contributed by atoms with Gasteiger partial charge < -0.3 is 32.4 Å². The van der Waals surface area contributed by atoms with Crippen LogP contribution in [0.4, 0.5) is 0 Å². The van der Waals surface area contributed by atoms with Gasteiger partial charge in [-0.25, -0.2) is 0 Å². The van der Waals surface area contributed by atoms with Crippen LogP contribution in [0.2, 0.25) is 0 Å². The first-order chi connectivity index (χ1) is 57.1. The highest BCUT2D eigenvalue weighted by Gasteiger charge is 2.32. The van der Waals surface area contributed by atoms with Gasteiger partial charge >= 0.3 is 0 Å². The standard InChI is InChI=1S/C24H29NO.C23H26O.C22H25N.C22H24O2.C21H23N/c1-15(2)17-6-8-20-19(12-17)14-22-21-13-18(16(3)4)7-9-23(21)25(24(20)22)10-11-26-5;1-14(2)16-8-10-19-18(12-16)6-5-7-20-21-13-17(15(3)4)9-11-22(21)24-23(19)20;1-13(2)15-6-8-18-17(10-15)12-20-19-11-16(14(3)4)7-9-21(19)23(5)22(18)20;1-13(2)15-6-8-20-19(11-15)17-9-10-23-21-12-16(14(3)4)5-7-18(21)22(17)24-20;1-12(2)14-5-7-17-16(9-14)11-19-18-10-15(13(3)4)6-8-20(18)22-21(17)19/h6-9,12-13,15-16H,10-11,14H2,1-5H3;8-15H,5-7H2,1-4H3;6-11,13-14H,12H2,1-5H3;5-8,11-14H,9-10H2,1-4H3;5-10,12-13,22H,11H2,1-4H3. The SMILES string of the molecule is CC(C)c1ccc2c(c1)CCCc1c-2oc2ccc(C(C)C)cc12.CC(C)c1ccc2c(c1)Cc1c-2[nH]c2ccc(C(C)C)cc12.CC(C)c1ccc2c(c1)Cc1c-2n(C)c2ccc(C(C)C)cc12.CC(C)c1ccc2c(c1)OCCc1c-2oc2ccc(C(C)C)cc12.COCCn1c2c(c3cc(C(C)C)ccc31)Cc1cc(C(C)C)ccc1-2. The van der Waals surface area contributed by atoms with E-state index in [0.717, 1.165) is 85.7 Å². The lowest BCUT2D eigenvalue weighted by atomic mass is 9.95. The molecular formula is C112H127N3O4. The van der Waals surface area contributed by atoms with E-state index in [4.69, 9.17) is 18.3 Å². The van der Waals surface area contributed by atoms with Gasteiger partial charge in [-0.15, -0.1) is 0 Å². The molecule has 0 atom stereocenters. The van der Waals surface area contributed by atoms with E-state index in [0.29, 0.717) is 65.8 Å². The molecule has 4 aliphatic carbocycles. The molecule has 7 heteroatoms. The van der Waals surface area contributed by atoms with Crippen LogP contribution in [0.5, 0.6) is 5.75 Å². The van der Waals surface area contributed by atoms with E-state index in [-0.39, 0.29) is 0 Å². The van der Waals surface area contributed by atoms with Crippen LogP contribution in [-0.2, 0) is 56.9 Å². The number of hydrogen-bond donors (Lipinski definition) is 1. The van der Waals surface area contributed by atoms with Crippen molar-refractivity contribution in [1.82, 2.24) is 14.1 Å². The van der Waals surface area contributed by atoms with Gasteiger partial charge in [0.15, 0.2) is 0 Å². The van der Waals surface area contributed by atoms with Crippen molar-refractivity contribution in [2.45, 2.75) is 249 Å². The molecule has 10 aromatic carbocycles. The Bertz CT molecular complexity index is 6160. The largest absolute Gasteiger partial charge is 0.492 e. The van der Waals surface area contributed by atoms with Crippen molar-refractivity contribution < 1.29 is 18.3 Å². The first-order valence-electron chi connectivity index (χ1n) is 44.9. The summed E-state index contributed by atoms with van der Waals surface area (Å²) in [4.78, 5) is 3.65. The highest BCUT2D eigenvalue weighted by Crippen LogP contribution is 2.50. The average molecular weight is 1580 g/mol. The second-order valence-electron chi connectivity index (χ2n) is 38.0. The summed E-state index contributed by atoms with van der Waals surface area (Å²) in [6, 6.07) is 68.7. The van der Waals surface area contributed by atoms with Crippen molar-refractivity contribution in [3.8, 4) is 62.2 Å². The molecule has 0 bridgehead atoms. The fraction of sp³-hybridized carbons (Fsp3) is 0.375. The third-order valence-electron chi connectivity index (χ3n) is 26.6. The summed E-state index contributed by atoms with van der Waals surface area (Å²) in [6.07, 6.45) is 7.51. The smallest absolute Gasteiger partial charge is 0.142 e. The topological polar surface area (TPSA) is 70.4 Å². The molecule has 119 heavy (non-hydrogen) atoms. The number of fused-ring (bicyclic) bond motifs is 25. The maximum atomic E-state index is 6.33. The molecule has 20 rings (SSSR count). The predicted molar refractivity (Wildman–Crippen MR) is 505 cm³/mol. The van der Waals surface area contributed by atoms with E-state index >= 15 is 0 Å². The van der Waals surface area contributed by atoms with Crippen LogP contribution in [0.1, 0.15) is 310 Å². The number of hydrogen-bond acceptors (Lipinski definition) is 4. The monoisotopic (exact) mass is 1580 g/mol. The second kappa shape index (κ2) is 33.7. The first kappa shape index (κ1) is 82.4. The van der Waals surface area contributed by atoms with Crippen LogP contribution < -0.4 is 4.74 Å². The van der Waals surface area contributed by atoms with E-state index in [1.807, 2.05) is 0 Å². The van der Waals surface area contributed by atoms with Gasteiger partial charge in [0.2, 0.25) is 0 Å². The first-order valence-corrected chi connectivity index (χ1v) is 44.9. The van der Waals surface area contributed by atoms with E-state index in [1.54, 1.807) is 7.11 Å².